The summed E-state index contributed by atoms with van der Waals surface area (Å²) in [6.45, 7) is 1.18. The Morgan fingerprint density at radius 3 is 2.85 bits per heavy atom. The lowest BCUT2D eigenvalue weighted by molar-refractivity contribution is 0.285. The largest absolute Gasteiger partial charge is 0.496 e. The second kappa shape index (κ2) is 7.10. The first-order valence-corrected chi connectivity index (χ1v) is 9.63. The number of thioether (sulfide) groups is 2. The summed E-state index contributed by atoms with van der Waals surface area (Å²) in [5, 5.41) is 4.57. The summed E-state index contributed by atoms with van der Waals surface area (Å²) in [6, 6.07) is 9.17. The molecule has 2 fully saturated rings. The molecule has 2 nitrogen and oxygen atoms in total. The van der Waals surface area contributed by atoms with Crippen molar-refractivity contribution in [1.29, 1.82) is 0 Å². The first-order chi connectivity index (χ1) is 9.86. The molecule has 1 aliphatic carbocycles. The van der Waals surface area contributed by atoms with Crippen LogP contribution in [0.3, 0.4) is 0 Å². The van der Waals surface area contributed by atoms with Crippen molar-refractivity contribution in [3.63, 3.8) is 0 Å². The van der Waals surface area contributed by atoms with Gasteiger partial charge in [0.05, 0.1) is 7.11 Å². The smallest absolute Gasteiger partial charge is 0.122 e. The fraction of sp³-hybridized carbons (Fsp3) is 0.625. The first-order valence-electron chi connectivity index (χ1n) is 7.42. The second-order valence-electron chi connectivity index (χ2n) is 5.58. The first kappa shape index (κ1) is 14.6. The van der Waals surface area contributed by atoms with E-state index >= 15 is 0 Å². The maximum Gasteiger partial charge on any atom is 0.122 e. The molecule has 2 aliphatic rings. The van der Waals surface area contributed by atoms with E-state index in [9.17, 15) is 0 Å². The van der Waals surface area contributed by atoms with E-state index in [4.69, 9.17) is 4.74 Å². The van der Waals surface area contributed by atoms with Crippen molar-refractivity contribution in [2.24, 2.45) is 0 Å². The standard InChI is InChI=1S/C16H23NOS2/c1-18-16-5-3-2-4-15(16)12-8-13(9-12)17-10-14-11-19-6-7-20-14/h2-5,12-14,17H,6-11H2,1H3. The molecular weight excluding hydrogens is 286 g/mol. The molecule has 110 valence electrons. The van der Waals surface area contributed by atoms with Crippen molar-refractivity contribution in [3.05, 3.63) is 29.8 Å². The summed E-state index contributed by atoms with van der Waals surface area (Å²) in [5.74, 6) is 5.71. The monoisotopic (exact) mass is 309 g/mol. The van der Waals surface area contributed by atoms with Gasteiger partial charge >= 0.3 is 0 Å². The number of hydrogen-bond acceptors (Lipinski definition) is 4. The Labute approximate surface area is 130 Å². The highest BCUT2D eigenvalue weighted by atomic mass is 32.2. The molecule has 3 rings (SSSR count). The van der Waals surface area contributed by atoms with Crippen LogP contribution in [-0.4, -0.2) is 42.2 Å². The summed E-state index contributed by atoms with van der Waals surface area (Å²) < 4.78 is 5.47. The van der Waals surface area contributed by atoms with Crippen LogP contribution in [0.2, 0.25) is 0 Å². The molecule has 1 N–H and O–H groups in total. The van der Waals surface area contributed by atoms with Crippen molar-refractivity contribution >= 4 is 23.5 Å². The molecular formula is C16H23NOS2. The highest BCUT2D eigenvalue weighted by Gasteiger charge is 2.32. The van der Waals surface area contributed by atoms with E-state index in [1.54, 1.807) is 7.11 Å². The van der Waals surface area contributed by atoms with Gasteiger partial charge in [-0.3, -0.25) is 0 Å². The summed E-state index contributed by atoms with van der Waals surface area (Å²) in [4.78, 5) is 0. The van der Waals surface area contributed by atoms with Crippen LogP contribution in [0.25, 0.3) is 0 Å². The third kappa shape index (κ3) is 3.46. The zero-order chi connectivity index (χ0) is 13.8. The average Bonchev–Trinajstić information content (AvgIpc) is 2.47. The highest BCUT2D eigenvalue weighted by molar-refractivity contribution is 8.06. The second-order valence-corrected chi connectivity index (χ2v) is 8.14. The minimum absolute atomic E-state index is 0.678. The predicted molar refractivity (Wildman–Crippen MR) is 90.3 cm³/mol. The van der Waals surface area contributed by atoms with Gasteiger partial charge in [0.2, 0.25) is 0 Å². The van der Waals surface area contributed by atoms with E-state index in [0.717, 1.165) is 11.0 Å². The number of nitrogens with one attached hydrogen (secondary N) is 1. The zero-order valence-electron chi connectivity index (χ0n) is 12.0. The van der Waals surface area contributed by atoms with Gasteiger partial charge in [-0.05, 0) is 30.4 Å². The van der Waals surface area contributed by atoms with Crippen LogP contribution in [-0.2, 0) is 0 Å². The Balaban J connectivity index is 1.44. The van der Waals surface area contributed by atoms with Crippen molar-refractivity contribution in [2.45, 2.75) is 30.1 Å². The fourth-order valence-electron chi connectivity index (χ4n) is 2.99. The lowest BCUT2D eigenvalue weighted by Crippen LogP contribution is -2.43. The van der Waals surface area contributed by atoms with Crippen molar-refractivity contribution in [1.82, 2.24) is 5.32 Å². The number of methoxy groups -OCH3 is 1. The van der Waals surface area contributed by atoms with Gasteiger partial charge in [-0.25, -0.2) is 0 Å². The minimum atomic E-state index is 0.678. The molecule has 1 unspecified atom stereocenters. The van der Waals surface area contributed by atoms with Gasteiger partial charge in [0, 0.05) is 35.1 Å². The van der Waals surface area contributed by atoms with Gasteiger partial charge in [0.1, 0.15) is 5.75 Å². The molecule has 1 aromatic rings. The molecule has 0 bridgehead atoms. The number of para-hydroxylation sites is 1. The fourth-order valence-corrected chi connectivity index (χ4v) is 5.62. The third-order valence-corrected chi connectivity index (χ3v) is 7.08. The topological polar surface area (TPSA) is 21.3 Å². The molecule has 1 heterocycles. The normalized spacial score (nSPS) is 29.8. The SMILES string of the molecule is COc1ccccc1C1CC(NCC2CSCCS2)C1. The van der Waals surface area contributed by atoms with Gasteiger partial charge in [0.15, 0.2) is 0 Å². The molecule has 1 aliphatic heterocycles. The quantitative estimate of drug-likeness (QED) is 0.900. The Morgan fingerprint density at radius 1 is 1.25 bits per heavy atom. The molecule has 0 radical (unpaired) electrons. The van der Waals surface area contributed by atoms with Crippen LogP contribution in [0, 0.1) is 0 Å². The van der Waals surface area contributed by atoms with Crippen LogP contribution in [0.1, 0.15) is 24.3 Å². The van der Waals surface area contributed by atoms with E-state index in [1.165, 1.54) is 42.2 Å². The minimum Gasteiger partial charge on any atom is -0.496 e. The number of hydrogen-bond donors (Lipinski definition) is 1. The van der Waals surface area contributed by atoms with Gasteiger partial charge in [-0.1, -0.05) is 18.2 Å². The predicted octanol–water partition coefficient (Wildman–Crippen LogP) is 3.38. The van der Waals surface area contributed by atoms with Gasteiger partial charge in [0.25, 0.3) is 0 Å². The summed E-state index contributed by atoms with van der Waals surface area (Å²) in [6.07, 6.45) is 2.51. The molecule has 1 saturated carbocycles. The van der Waals surface area contributed by atoms with Crippen LogP contribution in [0.4, 0.5) is 0 Å². The summed E-state index contributed by atoms with van der Waals surface area (Å²) in [7, 11) is 1.77. The molecule has 1 aromatic carbocycles. The van der Waals surface area contributed by atoms with Gasteiger partial charge in [-0.15, -0.1) is 0 Å². The van der Waals surface area contributed by atoms with Crippen LogP contribution >= 0.6 is 23.5 Å². The molecule has 0 aromatic heterocycles. The van der Waals surface area contributed by atoms with Crippen LogP contribution in [0.5, 0.6) is 5.75 Å². The molecule has 20 heavy (non-hydrogen) atoms. The number of ether oxygens (including phenoxy) is 1. The average molecular weight is 310 g/mol. The molecule has 1 atom stereocenters. The highest BCUT2D eigenvalue weighted by Crippen LogP contribution is 2.41. The summed E-state index contributed by atoms with van der Waals surface area (Å²) >= 11 is 4.24. The maximum atomic E-state index is 5.47. The lowest BCUT2D eigenvalue weighted by atomic mass is 9.75. The van der Waals surface area contributed by atoms with Crippen LogP contribution < -0.4 is 10.1 Å². The molecule has 0 spiro atoms. The van der Waals surface area contributed by atoms with Crippen molar-refractivity contribution < 1.29 is 4.74 Å². The summed E-state index contributed by atoms with van der Waals surface area (Å²) in [5.41, 5.74) is 1.38. The molecule has 1 saturated heterocycles. The van der Waals surface area contributed by atoms with Crippen molar-refractivity contribution in [3.8, 4) is 5.75 Å². The van der Waals surface area contributed by atoms with Crippen molar-refractivity contribution in [2.75, 3.05) is 30.9 Å². The van der Waals surface area contributed by atoms with E-state index in [-0.39, 0.29) is 0 Å². The van der Waals surface area contributed by atoms with E-state index in [2.05, 4.69) is 53.1 Å². The van der Waals surface area contributed by atoms with E-state index < -0.39 is 0 Å². The Bertz CT molecular complexity index is 428. The Morgan fingerprint density at radius 2 is 2.10 bits per heavy atom. The zero-order valence-corrected chi connectivity index (χ0v) is 13.6. The van der Waals surface area contributed by atoms with Gasteiger partial charge in [-0.2, -0.15) is 23.5 Å². The number of rotatable bonds is 5. The third-order valence-electron chi connectivity index (χ3n) is 4.24. The van der Waals surface area contributed by atoms with E-state index in [0.29, 0.717) is 12.0 Å². The van der Waals surface area contributed by atoms with Crippen LogP contribution in [0.15, 0.2) is 24.3 Å². The molecule has 4 heteroatoms. The molecule has 0 amide bonds. The Kier molecular flexibility index (Phi) is 5.19. The number of benzene rings is 1. The maximum absolute atomic E-state index is 5.47. The van der Waals surface area contributed by atoms with Gasteiger partial charge < -0.3 is 10.1 Å². The Hall–Kier alpha value is -0.320. The lowest BCUT2D eigenvalue weighted by Gasteiger charge is -2.38. The van der Waals surface area contributed by atoms with E-state index in [1.807, 2.05) is 0 Å².